The number of phenolic OH excluding ortho intramolecular Hbond substituents is 4. The third kappa shape index (κ3) is 17.4. The average Bonchev–Trinajstić information content (AvgIpc) is 1.56. The zero-order chi connectivity index (χ0) is 80.2. The van der Waals surface area contributed by atoms with Crippen molar-refractivity contribution in [3.63, 3.8) is 0 Å². The molecule has 10 N–H and O–H groups in total. The molecule has 19 rings (SSSR count). The zero-order valence-electron chi connectivity index (χ0n) is 63.5. The van der Waals surface area contributed by atoms with Crippen molar-refractivity contribution >= 4 is 125 Å². The molecule has 1 saturated carbocycles. The van der Waals surface area contributed by atoms with Gasteiger partial charge in [0.25, 0.3) is 0 Å². The number of phenols is 4. The first-order chi connectivity index (χ1) is 55.3. The van der Waals surface area contributed by atoms with E-state index in [0.29, 0.717) is 46.4 Å². The summed E-state index contributed by atoms with van der Waals surface area (Å²) in [4.78, 5) is 10.5. The second-order valence-corrected chi connectivity index (χ2v) is 30.4. The normalized spacial score (nSPS) is 14.2. The van der Waals surface area contributed by atoms with Crippen molar-refractivity contribution in [2.45, 2.75) is 74.2 Å². The third-order valence-electron chi connectivity index (χ3n) is 21.4. The number of aryl methyl sites for hydroxylation is 1. The van der Waals surface area contributed by atoms with Gasteiger partial charge in [-0.2, -0.15) is 4.58 Å². The fraction of sp³-hybridized carbons (Fsp3) is 0.167. The molecule has 576 valence electrons. The topological polar surface area (TPSA) is 230 Å². The molecule has 1 fully saturated rings. The number of halogens is 3. The van der Waals surface area contributed by atoms with Crippen LogP contribution in [0.15, 0.2) is 279 Å². The van der Waals surface area contributed by atoms with Gasteiger partial charge in [0.1, 0.15) is 64.9 Å². The average molecular weight is 1580 g/mol. The number of fused-ring (bicyclic) bond motifs is 14. The summed E-state index contributed by atoms with van der Waals surface area (Å²) in [5.41, 5.74) is 21.3. The molecule has 0 saturated heterocycles. The van der Waals surface area contributed by atoms with Crippen LogP contribution < -0.4 is 35.9 Å². The second-order valence-electron chi connectivity index (χ2n) is 28.4. The third-order valence-corrected chi connectivity index (χ3v) is 21.4. The molecule has 18 heteroatoms. The highest BCUT2D eigenvalue weighted by molar-refractivity contribution is 6.63. The van der Waals surface area contributed by atoms with Crippen molar-refractivity contribution in [1.29, 1.82) is 0 Å². The van der Waals surface area contributed by atoms with Crippen molar-refractivity contribution < 1.29 is 58.8 Å². The molecule has 0 aromatic heterocycles. The number of benzene rings is 15. The van der Waals surface area contributed by atoms with Crippen molar-refractivity contribution in [2.75, 3.05) is 21.3 Å². The lowest BCUT2D eigenvalue weighted by molar-refractivity contribution is -0.680. The lowest BCUT2D eigenvalue weighted by Crippen LogP contribution is -2.46. The summed E-state index contributed by atoms with van der Waals surface area (Å²) in [5.74, 6) is 3.40. The molecular formula is C96H88BCl3N3O11+. The first-order valence-corrected chi connectivity index (χ1v) is 39.1. The summed E-state index contributed by atoms with van der Waals surface area (Å²) >= 11 is 14.4. The van der Waals surface area contributed by atoms with E-state index >= 15 is 0 Å². The molecule has 0 radical (unpaired) electrons. The van der Waals surface area contributed by atoms with Crippen LogP contribution in [-0.2, 0) is 12.3 Å². The van der Waals surface area contributed by atoms with Gasteiger partial charge in [0.05, 0.1) is 19.8 Å². The standard InChI is InChI=1S/C30H22NO3.2C20H14O2.C9H11N.C8H9BO4.C8H17N.CHCl3/c1-31-18-21-17-22(32-2)13-16-27(21)30(31)33-28-23-9-5-3-7-19(23)11-14-25(28)26-15-12-20-8-4-6-10-24(20)29(26)34-30;2*21-19-15-7-3-1-5-13(15)9-11-17(19)18-12-10-14-6-2-4-8-16(14)20(18)22;10-9-6-5-7-3-1-2-4-8(7)9;1-13-7-2-3-8(9(11)12)6(4-7)5-10;1-7(9)8-5-3-2-4-6-8;2-1(3)4/h3-18H,1-2H3;2*1-12,21-22H;1-4,9H,5-6,10H2;2-5,11-12H,1H3;7-8H,2-6,9H2,1H3;1H/q+1;;;;;;/t;;;9-;;7-;/m...0.1./s1. The maximum atomic E-state index is 10.6. The Balaban J connectivity index is 0.000000125. The molecule has 2 aliphatic heterocycles. The predicted molar refractivity (Wildman–Crippen MR) is 466 cm³/mol. The summed E-state index contributed by atoms with van der Waals surface area (Å²) < 4.78 is 25.6. The van der Waals surface area contributed by atoms with E-state index in [2.05, 4.69) is 110 Å². The van der Waals surface area contributed by atoms with Gasteiger partial charge in [-0.05, 0) is 154 Å². The molecule has 0 unspecified atom stereocenters. The van der Waals surface area contributed by atoms with Crippen LogP contribution >= 0.6 is 34.8 Å². The van der Waals surface area contributed by atoms with Gasteiger partial charge < -0.3 is 60.9 Å². The van der Waals surface area contributed by atoms with Crippen LogP contribution in [0.4, 0.5) is 0 Å². The van der Waals surface area contributed by atoms with Gasteiger partial charge >= 0.3 is 13.0 Å². The Bertz CT molecular complexity index is 5590. The molecule has 15 aromatic carbocycles. The first-order valence-electron chi connectivity index (χ1n) is 37.8. The fourth-order valence-electron chi connectivity index (χ4n) is 15.4. The van der Waals surface area contributed by atoms with Gasteiger partial charge in [0.2, 0.25) is 0 Å². The number of hydrogen-bond acceptors (Lipinski definition) is 13. The molecule has 15 aromatic rings. The first kappa shape index (κ1) is 80.4. The summed E-state index contributed by atoms with van der Waals surface area (Å²) in [6, 6.07) is 90.8. The number of methoxy groups -OCH3 is 2. The molecule has 0 bridgehead atoms. The van der Waals surface area contributed by atoms with Crippen LogP contribution in [0, 0.1) is 5.92 Å². The lowest BCUT2D eigenvalue weighted by Gasteiger charge is -2.26. The van der Waals surface area contributed by atoms with E-state index < -0.39 is 17.3 Å². The van der Waals surface area contributed by atoms with Gasteiger partial charge in [-0.15, -0.1) is 0 Å². The number of ether oxygens (including phenoxy) is 4. The molecule has 0 amide bonds. The van der Waals surface area contributed by atoms with Crippen molar-refractivity contribution in [1.82, 2.24) is 0 Å². The SMILES string of the molecule is COc1ccc(B(O)O)c(C=O)c1.COc1ccc2c(c1)C=[N+](C)C21Oc2c(ccc3ccccc23)-c2ccc3ccccc3c2O1.C[C@@H](N)C1CCCCC1.ClC(Cl)Cl.N[C@H]1CCc2ccccc21.Oc1c(-c2ccc3ccccc3c2O)ccc2ccccc12.Oc1c(-c2ccc3ccccc3c2O)ccc2ccccc12. The number of alkyl halides is 3. The van der Waals surface area contributed by atoms with E-state index in [0.717, 1.165) is 123 Å². The number of hydrogen-bond donors (Lipinski definition) is 8. The predicted octanol–water partition coefficient (Wildman–Crippen LogP) is 21.2. The smallest absolute Gasteiger partial charge is 0.502 e. The lowest BCUT2D eigenvalue weighted by atomic mass is 9.77. The minimum Gasteiger partial charge on any atom is -0.507 e. The van der Waals surface area contributed by atoms with E-state index in [-0.39, 0.29) is 34.0 Å². The van der Waals surface area contributed by atoms with Crippen molar-refractivity contribution in [2.24, 2.45) is 17.4 Å². The van der Waals surface area contributed by atoms with Gasteiger partial charge in [-0.3, -0.25) is 4.79 Å². The number of carbonyl (C=O) groups is 1. The molecule has 2 aliphatic carbocycles. The van der Waals surface area contributed by atoms with Crippen molar-refractivity contribution in [3.05, 3.63) is 307 Å². The largest absolute Gasteiger partial charge is 0.507 e. The summed E-state index contributed by atoms with van der Waals surface area (Å²) in [6.07, 6.45) is 11.9. The van der Waals surface area contributed by atoms with Crippen LogP contribution in [0.2, 0.25) is 0 Å². The second kappa shape index (κ2) is 36.5. The highest BCUT2D eigenvalue weighted by Gasteiger charge is 2.56. The highest BCUT2D eigenvalue weighted by Crippen LogP contribution is 2.53. The number of carbonyl (C=O) groups excluding carboxylic acids is 1. The molecule has 2 atom stereocenters. The highest BCUT2D eigenvalue weighted by atomic mass is 35.6. The maximum Gasteiger partial charge on any atom is 0.502 e. The van der Waals surface area contributed by atoms with Crippen LogP contribution in [-0.4, -0.2) is 86.3 Å². The minimum absolute atomic E-state index is 0.177. The zero-order valence-corrected chi connectivity index (χ0v) is 65.8. The van der Waals surface area contributed by atoms with E-state index in [1.807, 2.05) is 175 Å². The monoisotopic (exact) mass is 1570 g/mol. The Hall–Kier alpha value is -11.6. The number of aromatic hydroxyl groups is 4. The summed E-state index contributed by atoms with van der Waals surface area (Å²) in [6.45, 7) is 2.13. The molecule has 4 aliphatic rings. The Morgan fingerprint density at radius 3 is 1.21 bits per heavy atom. The van der Waals surface area contributed by atoms with E-state index in [9.17, 15) is 25.2 Å². The quantitative estimate of drug-likeness (QED) is 0.0322. The number of nitrogens with zero attached hydrogens (tertiary/aromatic N) is 1. The Labute approximate surface area is 678 Å². The number of rotatable bonds is 7. The van der Waals surface area contributed by atoms with E-state index in [4.69, 9.17) is 75.3 Å². The number of nitrogens with two attached hydrogens (primary N) is 2. The fourth-order valence-corrected chi connectivity index (χ4v) is 15.4. The van der Waals surface area contributed by atoms with Crippen LogP contribution in [0.5, 0.6) is 46.0 Å². The van der Waals surface area contributed by atoms with E-state index in [1.165, 1.54) is 62.5 Å². The van der Waals surface area contributed by atoms with Gasteiger partial charge in [0.15, 0.2) is 10.5 Å². The Kier molecular flexibility index (Phi) is 25.7. The molecule has 2 heterocycles. The summed E-state index contributed by atoms with van der Waals surface area (Å²) in [5, 5.41) is 71.5. The Morgan fingerprint density at radius 2 is 0.833 bits per heavy atom. The maximum absolute atomic E-state index is 10.6. The van der Waals surface area contributed by atoms with Gasteiger partial charge in [0, 0.05) is 83.3 Å². The van der Waals surface area contributed by atoms with Crippen molar-refractivity contribution in [3.8, 4) is 79.4 Å². The minimum atomic E-state index is -1.63. The summed E-state index contributed by atoms with van der Waals surface area (Å²) in [7, 11) is 3.51. The van der Waals surface area contributed by atoms with Crippen LogP contribution in [0.25, 0.3) is 98.0 Å². The number of aldehydes is 1. The Morgan fingerprint density at radius 1 is 0.474 bits per heavy atom. The molecule has 114 heavy (non-hydrogen) atoms. The van der Waals surface area contributed by atoms with E-state index in [1.54, 1.807) is 13.2 Å². The van der Waals surface area contributed by atoms with Crippen LogP contribution in [0.1, 0.15) is 84.1 Å². The van der Waals surface area contributed by atoms with Gasteiger partial charge in [-0.25, -0.2) is 0 Å². The molecular weight excluding hydrogens is 1490 g/mol. The van der Waals surface area contributed by atoms with Gasteiger partial charge in [-0.1, -0.05) is 266 Å². The molecule has 14 nitrogen and oxygen atoms in total. The molecule has 1 spiro atoms. The van der Waals surface area contributed by atoms with Crippen LogP contribution in [0.3, 0.4) is 0 Å².